The molecule has 1 atom stereocenters. The summed E-state index contributed by atoms with van der Waals surface area (Å²) >= 11 is 3.47. The summed E-state index contributed by atoms with van der Waals surface area (Å²) in [6, 6.07) is 10.6. The molecular weight excluding hydrogens is 340 g/mol. The second-order valence-corrected chi connectivity index (χ2v) is 6.10. The van der Waals surface area contributed by atoms with Crippen molar-refractivity contribution in [3.05, 3.63) is 70.8 Å². The van der Waals surface area contributed by atoms with Crippen molar-refractivity contribution in [2.45, 2.75) is 19.9 Å². The lowest BCUT2D eigenvalue weighted by atomic mass is 10.1. The van der Waals surface area contributed by atoms with E-state index in [1.165, 1.54) is 5.56 Å². The summed E-state index contributed by atoms with van der Waals surface area (Å²) in [5, 5.41) is 3.44. The lowest BCUT2D eigenvalue weighted by Gasteiger charge is -2.16. The van der Waals surface area contributed by atoms with Gasteiger partial charge in [-0.3, -0.25) is 0 Å². The minimum absolute atomic E-state index is 0.163. The first-order chi connectivity index (χ1) is 10.6. The van der Waals surface area contributed by atoms with Gasteiger partial charge in [-0.2, -0.15) is 0 Å². The average molecular weight is 357 g/mol. The van der Waals surface area contributed by atoms with Crippen molar-refractivity contribution in [3.8, 4) is 5.69 Å². The van der Waals surface area contributed by atoms with Crippen molar-refractivity contribution >= 4 is 21.7 Å². The molecule has 0 fully saturated rings. The molecule has 1 N–H and O–H groups in total. The Bertz CT molecular complexity index is 768. The number of benzene rings is 1. The minimum Gasteiger partial charge on any atom is -0.364 e. The molecule has 0 aliphatic carbocycles. The highest BCUT2D eigenvalue weighted by Crippen LogP contribution is 2.23. The molecule has 0 amide bonds. The Labute approximate surface area is 138 Å². The Morgan fingerprint density at radius 1 is 1.27 bits per heavy atom. The van der Waals surface area contributed by atoms with Crippen molar-refractivity contribution < 1.29 is 0 Å². The van der Waals surface area contributed by atoms with E-state index in [0.29, 0.717) is 0 Å². The van der Waals surface area contributed by atoms with Crippen molar-refractivity contribution in [1.29, 1.82) is 0 Å². The number of halogens is 1. The third kappa shape index (κ3) is 3.20. The van der Waals surface area contributed by atoms with E-state index in [1.807, 2.05) is 23.0 Å². The van der Waals surface area contributed by atoms with Crippen LogP contribution in [0.4, 0.5) is 5.82 Å². The summed E-state index contributed by atoms with van der Waals surface area (Å²) in [5.74, 6) is 0.876. The van der Waals surface area contributed by atoms with Gasteiger partial charge >= 0.3 is 0 Å². The number of nitrogens with zero attached hydrogens (tertiary/aromatic N) is 3. The Hall–Kier alpha value is -2.14. The third-order valence-corrected chi connectivity index (χ3v) is 4.41. The molecule has 3 rings (SSSR count). The Kier molecular flexibility index (Phi) is 4.24. The Balaban J connectivity index is 1.81. The van der Waals surface area contributed by atoms with Crippen LogP contribution in [0, 0.1) is 6.92 Å². The summed E-state index contributed by atoms with van der Waals surface area (Å²) in [5.41, 5.74) is 3.47. The van der Waals surface area contributed by atoms with Gasteiger partial charge < -0.3 is 9.88 Å². The van der Waals surface area contributed by atoms with Crippen molar-refractivity contribution in [3.63, 3.8) is 0 Å². The quantitative estimate of drug-likeness (QED) is 0.747. The molecule has 0 spiro atoms. The molecular formula is C17H17BrN4. The summed E-state index contributed by atoms with van der Waals surface area (Å²) in [6.45, 7) is 4.19. The first-order valence-corrected chi connectivity index (χ1v) is 7.90. The molecule has 1 aromatic carbocycles. The second kappa shape index (κ2) is 6.32. The molecule has 4 nitrogen and oxygen atoms in total. The maximum atomic E-state index is 4.40. The van der Waals surface area contributed by atoms with Gasteiger partial charge in [0.2, 0.25) is 0 Å². The van der Waals surface area contributed by atoms with Crippen LogP contribution in [0.3, 0.4) is 0 Å². The fraction of sp³-hybridized carbons (Fsp3) is 0.176. The zero-order chi connectivity index (χ0) is 15.5. The normalized spacial score (nSPS) is 12.1. The molecule has 2 aromatic heterocycles. The maximum absolute atomic E-state index is 4.40. The van der Waals surface area contributed by atoms with Gasteiger partial charge in [-0.25, -0.2) is 9.97 Å². The molecule has 0 saturated heterocycles. The van der Waals surface area contributed by atoms with Crippen LogP contribution in [0.2, 0.25) is 0 Å². The zero-order valence-electron chi connectivity index (χ0n) is 12.5. The topological polar surface area (TPSA) is 42.7 Å². The summed E-state index contributed by atoms with van der Waals surface area (Å²) in [7, 11) is 0. The van der Waals surface area contributed by atoms with Crippen LogP contribution in [0.15, 0.2) is 59.7 Å². The van der Waals surface area contributed by atoms with E-state index in [1.54, 1.807) is 12.5 Å². The average Bonchev–Trinajstić information content (AvgIpc) is 3.05. The number of aryl methyl sites for hydroxylation is 1. The minimum atomic E-state index is 0.163. The number of imidazole rings is 1. The number of hydrogen-bond acceptors (Lipinski definition) is 3. The molecule has 0 radical (unpaired) electrons. The second-order valence-electron chi connectivity index (χ2n) is 5.25. The molecule has 0 saturated carbocycles. The fourth-order valence-corrected chi connectivity index (χ4v) is 2.51. The van der Waals surface area contributed by atoms with Crippen LogP contribution < -0.4 is 5.32 Å². The number of aromatic nitrogens is 3. The highest BCUT2D eigenvalue weighted by Gasteiger charge is 2.08. The lowest BCUT2D eigenvalue weighted by Crippen LogP contribution is -2.08. The van der Waals surface area contributed by atoms with E-state index in [0.717, 1.165) is 21.5 Å². The molecule has 2 heterocycles. The molecule has 0 aliphatic heterocycles. The van der Waals surface area contributed by atoms with E-state index < -0.39 is 0 Å². The lowest BCUT2D eigenvalue weighted by molar-refractivity contribution is 0.869. The highest BCUT2D eigenvalue weighted by molar-refractivity contribution is 9.10. The van der Waals surface area contributed by atoms with Gasteiger partial charge in [-0.1, -0.05) is 12.1 Å². The van der Waals surface area contributed by atoms with Gasteiger partial charge in [-0.15, -0.1) is 0 Å². The van der Waals surface area contributed by atoms with Crippen LogP contribution in [-0.2, 0) is 0 Å². The van der Waals surface area contributed by atoms with Crippen LogP contribution >= 0.6 is 15.9 Å². The summed E-state index contributed by atoms with van der Waals surface area (Å²) in [6.07, 6.45) is 7.35. The van der Waals surface area contributed by atoms with Gasteiger partial charge in [0.25, 0.3) is 0 Å². The van der Waals surface area contributed by atoms with E-state index in [-0.39, 0.29) is 6.04 Å². The standard InChI is InChI=1S/C17H17BrN4/c1-12-8-17(20-10-16(12)18)21-13(2)14-4-3-5-15(9-14)22-7-6-19-11-22/h3-11,13H,1-2H3,(H,20,21). The molecule has 0 aliphatic rings. The SMILES string of the molecule is Cc1cc(NC(C)c2cccc(-n3ccnc3)c2)ncc1Br. The Morgan fingerprint density at radius 3 is 2.86 bits per heavy atom. The number of rotatable bonds is 4. The molecule has 1 unspecified atom stereocenters. The molecule has 22 heavy (non-hydrogen) atoms. The van der Waals surface area contributed by atoms with E-state index in [9.17, 15) is 0 Å². The van der Waals surface area contributed by atoms with Crippen LogP contribution in [0.5, 0.6) is 0 Å². The monoisotopic (exact) mass is 356 g/mol. The van der Waals surface area contributed by atoms with E-state index in [2.05, 4.69) is 69.3 Å². The number of hydrogen-bond donors (Lipinski definition) is 1. The van der Waals surface area contributed by atoms with Crippen molar-refractivity contribution in [1.82, 2.24) is 14.5 Å². The first-order valence-electron chi connectivity index (χ1n) is 7.10. The summed E-state index contributed by atoms with van der Waals surface area (Å²) < 4.78 is 3.02. The van der Waals surface area contributed by atoms with Crippen molar-refractivity contribution in [2.24, 2.45) is 0 Å². The summed E-state index contributed by atoms with van der Waals surface area (Å²) in [4.78, 5) is 8.50. The van der Waals surface area contributed by atoms with E-state index >= 15 is 0 Å². The van der Waals surface area contributed by atoms with Crippen LogP contribution in [0.1, 0.15) is 24.1 Å². The Morgan fingerprint density at radius 2 is 2.14 bits per heavy atom. The molecule has 5 heteroatoms. The molecule has 112 valence electrons. The molecule has 0 bridgehead atoms. The zero-order valence-corrected chi connectivity index (χ0v) is 14.1. The van der Waals surface area contributed by atoms with Gasteiger partial charge in [0.05, 0.1) is 12.4 Å². The van der Waals surface area contributed by atoms with Crippen LogP contribution in [-0.4, -0.2) is 14.5 Å². The maximum Gasteiger partial charge on any atom is 0.126 e. The first kappa shape index (κ1) is 14.8. The number of anilines is 1. The van der Waals surface area contributed by atoms with Gasteiger partial charge in [0.1, 0.15) is 5.82 Å². The van der Waals surface area contributed by atoms with Gasteiger partial charge in [0.15, 0.2) is 0 Å². The van der Waals surface area contributed by atoms with Crippen molar-refractivity contribution in [2.75, 3.05) is 5.32 Å². The highest BCUT2D eigenvalue weighted by atomic mass is 79.9. The largest absolute Gasteiger partial charge is 0.364 e. The van der Waals surface area contributed by atoms with Gasteiger partial charge in [-0.05, 0) is 59.1 Å². The third-order valence-electron chi connectivity index (χ3n) is 3.58. The smallest absolute Gasteiger partial charge is 0.126 e. The number of pyridine rings is 1. The van der Waals surface area contributed by atoms with E-state index in [4.69, 9.17) is 0 Å². The fourth-order valence-electron chi connectivity index (χ4n) is 2.29. The number of nitrogens with one attached hydrogen (secondary N) is 1. The van der Waals surface area contributed by atoms with Gasteiger partial charge in [0, 0.05) is 28.8 Å². The molecule has 3 aromatic rings. The predicted octanol–water partition coefficient (Wildman–Crippen LogP) is 4.51. The van der Waals surface area contributed by atoms with Crippen LogP contribution in [0.25, 0.3) is 5.69 Å². The predicted molar refractivity (Wildman–Crippen MR) is 92.3 cm³/mol.